The Morgan fingerprint density at radius 2 is 1.80 bits per heavy atom. The molecule has 4 fully saturated rings. The minimum Gasteiger partial charge on any atom is -0.481 e. The molecule has 40 heavy (non-hydrogen) atoms. The predicted octanol–water partition coefficient (Wildman–Crippen LogP) is 7.39. The van der Waals surface area contributed by atoms with Crippen LogP contribution in [0.25, 0.3) is 0 Å². The Hall–Kier alpha value is -0.510. The van der Waals surface area contributed by atoms with Crippen LogP contribution in [0.2, 0.25) is 0 Å². The van der Waals surface area contributed by atoms with Crippen LogP contribution < -0.4 is 0 Å². The summed E-state index contributed by atoms with van der Waals surface area (Å²) in [6.07, 6.45) is 18.0. The smallest absolute Gasteiger partial charge is 0.303 e. The van der Waals surface area contributed by atoms with Gasteiger partial charge in [-0.2, -0.15) is 0 Å². The van der Waals surface area contributed by atoms with Crippen molar-refractivity contribution in [3.8, 4) is 0 Å². The molecule has 0 aromatic rings. The van der Waals surface area contributed by atoms with Gasteiger partial charge in [0.2, 0.25) is 0 Å². The summed E-state index contributed by atoms with van der Waals surface area (Å²) in [4.78, 5) is 11.2. The number of halogens is 1. The van der Waals surface area contributed by atoms with Gasteiger partial charge >= 0.3 is 5.97 Å². The zero-order chi connectivity index (χ0) is 28.5. The largest absolute Gasteiger partial charge is 0.481 e. The Bertz CT molecular complexity index is 792. The Balaban J connectivity index is 1.48. The number of carboxylic acid groups (broad SMARTS) is 1. The van der Waals surface area contributed by atoms with Crippen molar-refractivity contribution in [2.75, 3.05) is 13.2 Å². The lowest BCUT2D eigenvalue weighted by atomic mass is 9.80. The number of fused-ring (bicyclic) bond motifs is 1. The number of unbranched alkanes of at least 4 members (excludes halogenated alkanes) is 1. The first-order chi connectivity index (χ1) is 19.3. The van der Waals surface area contributed by atoms with E-state index in [1.165, 1.54) is 12.8 Å². The average molecular weight is 630 g/mol. The van der Waals surface area contributed by atoms with Gasteiger partial charge in [-0.1, -0.05) is 61.7 Å². The lowest BCUT2D eigenvalue weighted by Crippen LogP contribution is -2.37. The van der Waals surface area contributed by atoms with Crippen LogP contribution in [0.4, 0.5) is 0 Å². The van der Waals surface area contributed by atoms with Gasteiger partial charge in [-0.15, -0.1) is 0 Å². The lowest BCUT2D eigenvalue weighted by molar-refractivity contribution is -0.198. The fraction of sp³-hybridized carbons (Fsp3) is 0.906. The molecule has 4 unspecified atom stereocenters. The maximum Gasteiger partial charge on any atom is 0.303 e. The van der Waals surface area contributed by atoms with Crippen molar-refractivity contribution in [1.82, 2.24) is 0 Å². The second-order valence-corrected chi connectivity index (χ2v) is 14.2. The third-order valence-electron chi connectivity index (χ3n) is 9.35. The van der Waals surface area contributed by atoms with Gasteiger partial charge in [-0.3, -0.25) is 4.79 Å². The summed E-state index contributed by atoms with van der Waals surface area (Å²) < 4.78 is 31.9. The van der Waals surface area contributed by atoms with E-state index in [1.807, 2.05) is 0 Å². The van der Waals surface area contributed by atoms with Crippen molar-refractivity contribution in [2.45, 2.75) is 152 Å². The molecule has 3 heterocycles. The van der Waals surface area contributed by atoms with Gasteiger partial charge in [0.25, 0.3) is 0 Å². The Kier molecular flexibility index (Phi) is 12.8. The van der Waals surface area contributed by atoms with Crippen LogP contribution in [0.3, 0.4) is 0 Å². The van der Waals surface area contributed by atoms with Gasteiger partial charge in [-0.05, 0) is 75.5 Å². The number of hydrogen-bond acceptors (Lipinski definition) is 6. The number of rotatable bonds is 15. The summed E-state index contributed by atoms with van der Waals surface area (Å²) in [6.45, 7) is 8.44. The van der Waals surface area contributed by atoms with Gasteiger partial charge in [-0.25, -0.2) is 0 Å². The van der Waals surface area contributed by atoms with E-state index >= 15 is 0 Å². The van der Waals surface area contributed by atoms with Crippen molar-refractivity contribution >= 4 is 21.9 Å². The van der Waals surface area contributed by atoms with E-state index in [-0.39, 0.29) is 59.6 Å². The van der Waals surface area contributed by atoms with E-state index < -0.39 is 5.97 Å². The molecule has 230 valence electrons. The predicted molar refractivity (Wildman–Crippen MR) is 158 cm³/mol. The van der Waals surface area contributed by atoms with Gasteiger partial charge in [0.1, 0.15) is 0 Å². The molecule has 0 aromatic carbocycles. The second-order valence-electron chi connectivity index (χ2n) is 13.0. The summed E-state index contributed by atoms with van der Waals surface area (Å²) in [5, 5.41) is 9.04. The zero-order valence-corrected chi connectivity index (χ0v) is 26.5. The molecule has 8 heteroatoms. The van der Waals surface area contributed by atoms with Crippen molar-refractivity contribution < 1.29 is 33.6 Å². The molecule has 0 amide bonds. The van der Waals surface area contributed by atoms with Crippen molar-refractivity contribution in [3.63, 3.8) is 0 Å². The quantitative estimate of drug-likeness (QED) is 0.149. The summed E-state index contributed by atoms with van der Waals surface area (Å²) in [5.41, 5.74) is -0.00599. The van der Waals surface area contributed by atoms with Crippen LogP contribution >= 0.6 is 15.9 Å². The van der Waals surface area contributed by atoms with E-state index in [1.54, 1.807) is 0 Å². The molecule has 7 nitrogen and oxygen atoms in total. The van der Waals surface area contributed by atoms with E-state index in [0.717, 1.165) is 77.4 Å². The number of aliphatic carboxylic acids is 1. The van der Waals surface area contributed by atoms with Gasteiger partial charge < -0.3 is 28.8 Å². The highest BCUT2D eigenvalue weighted by Gasteiger charge is 2.51. The van der Waals surface area contributed by atoms with Gasteiger partial charge in [0, 0.05) is 36.8 Å². The molecule has 0 bridgehead atoms. The third-order valence-corrected chi connectivity index (χ3v) is 10.4. The molecule has 0 aromatic heterocycles. The van der Waals surface area contributed by atoms with Crippen molar-refractivity contribution in [3.05, 3.63) is 12.2 Å². The summed E-state index contributed by atoms with van der Waals surface area (Å²) in [6, 6.07) is 0. The molecule has 3 aliphatic heterocycles. The van der Waals surface area contributed by atoms with Crippen LogP contribution in [-0.4, -0.2) is 66.1 Å². The standard InChI is InChI=1S/C32H53BrO7/c1-4-5-17-32(2,3)28(40-31-14-7-9-19-37-31)16-15-22-23-20-27(24(33)11-10-12-29(34)35)38-26(23)21-25(22)39-30-13-6-8-18-36-30/h15-16,22-28,30-31H,4-14,17-21H2,1-3H3,(H,34,35)/t22-,23-,24?,25-,26-,27?,28-,30?,31?/m1/s1. The van der Waals surface area contributed by atoms with Crippen LogP contribution in [0.5, 0.6) is 0 Å². The number of ether oxygens (including phenoxy) is 5. The molecule has 4 rings (SSSR count). The van der Waals surface area contributed by atoms with E-state index in [9.17, 15) is 4.79 Å². The highest BCUT2D eigenvalue weighted by Crippen LogP contribution is 2.48. The minimum absolute atomic E-state index is 0.00599. The zero-order valence-electron chi connectivity index (χ0n) is 24.9. The first kappa shape index (κ1) is 32.4. The molecule has 1 aliphatic carbocycles. The SMILES string of the molecule is CCCCC(C)(C)[C@@H](C=C[C@@H]1[C@H]2CC(C(Br)CCCC(=O)O)O[C@@H]2C[C@H]1OC1CCCCO1)OC1CCCCO1. The minimum atomic E-state index is -0.740. The maximum absolute atomic E-state index is 11.0. The summed E-state index contributed by atoms with van der Waals surface area (Å²) in [5.74, 6) is -0.157. The van der Waals surface area contributed by atoms with Crippen molar-refractivity contribution in [2.24, 2.45) is 17.3 Å². The van der Waals surface area contributed by atoms with Gasteiger partial charge in [0.05, 0.1) is 24.4 Å². The van der Waals surface area contributed by atoms with E-state index in [2.05, 4.69) is 48.9 Å². The van der Waals surface area contributed by atoms with Crippen LogP contribution in [0, 0.1) is 17.3 Å². The first-order valence-electron chi connectivity index (χ1n) is 16.0. The first-order valence-corrected chi connectivity index (χ1v) is 16.9. The summed E-state index contributed by atoms with van der Waals surface area (Å²) in [7, 11) is 0. The highest BCUT2D eigenvalue weighted by atomic mass is 79.9. The maximum atomic E-state index is 11.0. The van der Waals surface area contributed by atoms with Crippen LogP contribution in [0.15, 0.2) is 12.2 Å². The number of carboxylic acids is 1. The van der Waals surface area contributed by atoms with Gasteiger partial charge in [0.15, 0.2) is 12.6 Å². The third kappa shape index (κ3) is 9.24. The molecule has 4 aliphatic rings. The fourth-order valence-electron chi connectivity index (χ4n) is 6.87. The van der Waals surface area contributed by atoms with Crippen LogP contribution in [-0.2, 0) is 28.5 Å². The second kappa shape index (κ2) is 15.8. The molecule has 1 saturated carbocycles. The average Bonchev–Trinajstić information content (AvgIpc) is 3.49. The Labute approximate surface area is 250 Å². The fourth-order valence-corrected chi connectivity index (χ4v) is 7.53. The number of hydrogen-bond donors (Lipinski definition) is 1. The van der Waals surface area contributed by atoms with E-state index in [4.69, 9.17) is 28.8 Å². The number of alkyl halides is 1. The normalized spacial score (nSPS) is 34.6. The lowest BCUT2D eigenvalue weighted by Gasteiger charge is -2.36. The molecule has 9 atom stereocenters. The molecule has 0 radical (unpaired) electrons. The summed E-state index contributed by atoms with van der Waals surface area (Å²) >= 11 is 3.82. The molecular formula is C32H53BrO7. The van der Waals surface area contributed by atoms with E-state index in [0.29, 0.717) is 12.3 Å². The molecular weight excluding hydrogens is 576 g/mol. The molecule has 0 spiro atoms. The Morgan fingerprint density at radius 3 is 2.45 bits per heavy atom. The Morgan fingerprint density at radius 1 is 1.07 bits per heavy atom. The van der Waals surface area contributed by atoms with Crippen LogP contribution in [0.1, 0.15) is 111 Å². The highest BCUT2D eigenvalue weighted by molar-refractivity contribution is 9.09. The topological polar surface area (TPSA) is 83.5 Å². The van der Waals surface area contributed by atoms with Crippen molar-refractivity contribution in [1.29, 1.82) is 0 Å². The molecule has 3 saturated heterocycles. The molecule has 1 N–H and O–H groups in total. The number of carbonyl (C=O) groups is 1. The monoisotopic (exact) mass is 628 g/mol.